The van der Waals surface area contributed by atoms with Gasteiger partial charge in [-0.2, -0.15) is 0 Å². The van der Waals surface area contributed by atoms with E-state index in [2.05, 4.69) is 499 Å². The summed E-state index contributed by atoms with van der Waals surface area (Å²) in [6.45, 7) is -1.38. The van der Waals surface area contributed by atoms with Gasteiger partial charge in [-0.3, -0.25) is 0 Å². The second-order valence-electron chi connectivity index (χ2n) is 35.7. The van der Waals surface area contributed by atoms with E-state index in [0.29, 0.717) is 11.3 Å². The molecule has 137 heavy (non-hydrogen) atoms. The van der Waals surface area contributed by atoms with Crippen molar-refractivity contribution in [2.24, 2.45) is 0 Å². The predicted octanol–water partition coefficient (Wildman–Crippen LogP) is 25.8. The Morgan fingerprint density at radius 3 is 0.810 bits per heavy atom. The van der Waals surface area contributed by atoms with Crippen molar-refractivity contribution in [3.63, 3.8) is 0 Å². The van der Waals surface area contributed by atoms with Crippen LogP contribution in [-0.4, -0.2) is 26.1 Å². The van der Waals surface area contributed by atoms with E-state index in [1.807, 2.05) is 30.3 Å². The average Bonchev–Trinajstić information content (AvgIpc) is 0.657. The smallest absolute Gasteiger partial charge is 0.338 e. The van der Waals surface area contributed by atoms with Crippen molar-refractivity contribution < 1.29 is 14.3 Å². The number of esters is 1. The largest absolute Gasteiger partial charge is 0.457 e. The third-order valence-corrected chi connectivity index (χ3v) is 28.1. The molecule has 12 nitrogen and oxygen atoms in total. The van der Waals surface area contributed by atoms with Crippen molar-refractivity contribution in [2.75, 3.05) is 44.1 Å². The van der Waals surface area contributed by atoms with Crippen molar-refractivity contribution in [1.29, 1.82) is 0 Å². The van der Waals surface area contributed by atoms with Crippen LogP contribution >= 0.6 is 0 Å². The van der Waals surface area contributed by atoms with Crippen LogP contribution in [0.1, 0.15) is 15.9 Å². The lowest BCUT2D eigenvalue weighted by Crippen LogP contribution is -2.69. The lowest BCUT2D eigenvalue weighted by molar-refractivity contribution is 0.0472. The Kier molecular flexibility index (Phi) is 18.6. The summed E-state index contributed by atoms with van der Waals surface area (Å²) in [5, 5.41) is 0. The zero-order valence-electron chi connectivity index (χ0n) is 74.4. The van der Waals surface area contributed by atoms with Gasteiger partial charge in [-0.05, 0) is 273 Å². The summed E-state index contributed by atoms with van der Waals surface area (Å²) in [4.78, 5) is 38.0. The molecular formula is C122H82B3N9O3. The first-order valence-electron chi connectivity index (χ1n) is 46.9. The lowest BCUT2D eigenvalue weighted by atomic mass is 9.27. The average molecular weight is 1750 g/mol. The van der Waals surface area contributed by atoms with Gasteiger partial charge in [0, 0.05) is 154 Å². The Labute approximate surface area is 796 Å². The van der Waals surface area contributed by atoms with Crippen LogP contribution in [0.5, 0.6) is 11.5 Å². The number of ether oxygens (including phenoxy) is 2. The van der Waals surface area contributed by atoms with E-state index in [1.54, 1.807) is 0 Å². The van der Waals surface area contributed by atoms with Crippen LogP contribution in [0.3, 0.4) is 0 Å². The van der Waals surface area contributed by atoms with Crippen molar-refractivity contribution >= 4 is 229 Å². The molecule has 7 aliphatic rings. The SMILES string of the molecule is O=C(OCc1ccccc1)c1cc2c3c(c1)N(c1ccccc1)c1cc4c(cc1B3c1cc(N(c3ccccc3)c3ccccc3)ccc1N2c1ccccc1)B1c2cc(N(c3ccccc3)c3ccccc3)cc3c2N2c5c(cc(N(c6ccccc6)c6ccccc6)cc5B5c6cc(N(c7ccccc7)c7ccccc7)ccc6N(c6ccccc6)c6cc(c1c2c65)N4c1ccccc1)O3. The topological polar surface area (TPSA) is 64.7 Å². The van der Waals surface area contributed by atoms with Gasteiger partial charge < -0.3 is 53.6 Å². The summed E-state index contributed by atoms with van der Waals surface area (Å²) in [5.74, 6) is 1.01. The summed E-state index contributed by atoms with van der Waals surface area (Å²) in [6.07, 6.45) is 0. The number of nitrogens with zero attached hydrogens (tertiary/aromatic N) is 9. The molecule has 0 saturated heterocycles. The molecule has 7 aliphatic heterocycles. The molecule has 0 saturated carbocycles. The van der Waals surface area contributed by atoms with Gasteiger partial charge >= 0.3 is 5.97 Å². The third kappa shape index (κ3) is 12.8. The summed E-state index contributed by atoms with van der Waals surface area (Å²) in [5.41, 5.74) is 37.9. The van der Waals surface area contributed by atoms with Crippen LogP contribution in [0.2, 0.25) is 0 Å². The highest BCUT2D eigenvalue weighted by atomic mass is 16.5. The van der Waals surface area contributed by atoms with Gasteiger partial charge in [0.15, 0.2) is 11.5 Å². The number of fused-ring (bicyclic) bond motifs is 10. The molecule has 0 spiro atoms. The Morgan fingerprint density at radius 2 is 0.482 bits per heavy atom. The molecule has 27 rings (SSSR count). The van der Waals surface area contributed by atoms with Gasteiger partial charge in [-0.25, -0.2) is 4.79 Å². The normalized spacial score (nSPS) is 13.0. The number of hydrogen-bond donors (Lipinski definition) is 0. The summed E-state index contributed by atoms with van der Waals surface area (Å²) < 4.78 is 14.8. The molecule has 0 radical (unpaired) electrons. The lowest BCUT2D eigenvalue weighted by Gasteiger charge is -2.53. The first-order chi connectivity index (χ1) is 67.9. The molecule has 0 aliphatic carbocycles. The first-order valence-corrected chi connectivity index (χ1v) is 46.9. The zero-order chi connectivity index (χ0) is 90.3. The van der Waals surface area contributed by atoms with Gasteiger partial charge in [-0.1, -0.05) is 255 Å². The summed E-state index contributed by atoms with van der Waals surface area (Å²) >= 11 is 0. The zero-order valence-corrected chi connectivity index (χ0v) is 74.4. The Bertz CT molecular complexity index is 7970. The minimum absolute atomic E-state index is 0.0885. The van der Waals surface area contributed by atoms with Gasteiger partial charge in [0.2, 0.25) is 0 Å². The molecule has 0 amide bonds. The number of carbonyl (C=O) groups excluding carboxylic acids is 1. The maximum absolute atomic E-state index is 15.8. The van der Waals surface area contributed by atoms with Gasteiger partial charge in [0.05, 0.1) is 16.9 Å². The number of hydrogen-bond acceptors (Lipinski definition) is 12. The van der Waals surface area contributed by atoms with E-state index in [-0.39, 0.29) is 6.61 Å². The third-order valence-electron chi connectivity index (χ3n) is 28.1. The van der Waals surface area contributed by atoms with E-state index in [0.717, 1.165) is 209 Å². The van der Waals surface area contributed by atoms with Crippen LogP contribution in [0.25, 0.3) is 0 Å². The van der Waals surface area contributed by atoms with Crippen molar-refractivity contribution in [2.45, 2.75) is 6.61 Å². The van der Waals surface area contributed by atoms with E-state index in [1.165, 1.54) is 5.46 Å². The quantitative estimate of drug-likeness (QED) is 0.0572. The highest BCUT2D eigenvalue weighted by Crippen LogP contribution is 2.60. The molecule has 642 valence electrons. The fourth-order valence-corrected chi connectivity index (χ4v) is 22.6. The highest BCUT2D eigenvalue weighted by Gasteiger charge is 2.57. The van der Waals surface area contributed by atoms with Crippen LogP contribution in [0.15, 0.2) is 485 Å². The fourth-order valence-electron chi connectivity index (χ4n) is 22.6. The molecule has 7 heterocycles. The first kappa shape index (κ1) is 78.9. The van der Waals surface area contributed by atoms with Crippen LogP contribution < -0.4 is 98.0 Å². The fraction of sp³-hybridized carbons (Fsp3) is 0.00820. The molecular weight excluding hydrogens is 1670 g/mol. The van der Waals surface area contributed by atoms with Gasteiger partial charge in [0.25, 0.3) is 20.1 Å². The van der Waals surface area contributed by atoms with Crippen LogP contribution in [0, 0.1) is 0 Å². The molecule has 0 fully saturated rings. The minimum Gasteiger partial charge on any atom is -0.457 e. The molecule has 0 bridgehead atoms. The maximum atomic E-state index is 15.8. The van der Waals surface area contributed by atoms with Crippen LogP contribution in [0.4, 0.5) is 154 Å². The maximum Gasteiger partial charge on any atom is 0.338 e. The Balaban J connectivity index is 0.792. The Hall–Kier alpha value is -17.9. The summed E-state index contributed by atoms with van der Waals surface area (Å²) in [6, 6.07) is 175. The van der Waals surface area contributed by atoms with E-state index in [9.17, 15) is 0 Å². The molecule has 0 N–H and O–H groups in total. The van der Waals surface area contributed by atoms with E-state index in [4.69, 9.17) is 9.47 Å². The standard InChI is InChI=1S/C122H82B3N9O3/c135-122(136-81-82-40-14-1-15-41-82)83-70-110-116-111(71-83)132(94-62-36-12-37-63-94)108-79-109-103(78-102(108)123(116)100-72-96(66-68-106(100)130(110)92-58-32-10-33-59-92)126(84-42-16-2-17-43-84)85-44-18-3-19-45-85)125-105-75-99(129(90-54-28-8-29-55-90)91-56-30-9-31-57-91)77-115-120(105)134-119-104(74-98(76-114(119)137-115)128(88-50-24-6-25-51-88)89-52-26-7-27-53-89)124-101-73-97(127(86-46-20-4-21-47-86)87-48-22-5-23-49-87)67-69-107(101)131(93-60-34-11-35-61-93)112-80-113(118(125)121(134)117(112)124)133(109)95-64-38-13-39-65-95/h1-80H,81H2. The molecule has 15 heteroatoms. The van der Waals surface area contributed by atoms with Crippen LogP contribution in [-0.2, 0) is 11.3 Å². The number of rotatable bonds is 19. The molecule has 0 atom stereocenters. The van der Waals surface area contributed by atoms with E-state index < -0.39 is 26.1 Å². The molecule has 20 aromatic carbocycles. The Morgan fingerprint density at radius 1 is 0.219 bits per heavy atom. The number of benzene rings is 20. The number of para-hydroxylation sites is 12. The van der Waals surface area contributed by atoms with Gasteiger partial charge in [0.1, 0.15) is 6.61 Å². The molecule has 0 aromatic heterocycles. The van der Waals surface area contributed by atoms with Crippen molar-refractivity contribution in [3.05, 3.63) is 496 Å². The second-order valence-corrected chi connectivity index (χ2v) is 35.7. The monoisotopic (exact) mass is 1750 g/mol. The summed E-state index contributed by atoms with van der Waals surface area (Å²) in [7, 11) is 0. The van der Waals surface area contributed by atoms with Gasteiger partial charge in [-0.15, -0.1) is 0 Å². The highest BCUT2D eigenvalue weighted by molar-refractivity contribution is 7.06. The minimum atomic E-state index is -0.526. The molecule has 20 aromatic rings. The number of carbonyl (C=O) groups is 1. The molecule has 0 unspecified atom stereocenters. The van der Waals surface area contributed by atoms with E-state index >= 15 is 4.79 Å². The number of anilines is 27. The van der Waals surface area contributed by atoms with Crippen molar-refractivity contribution in [3.8, 4) is 11.5 Å². The second kappa shape index (κ2) is 32.2. The predicted molar refractivity (Wildman–Crippen MR) is 568 cm³/mol. The van der Waals surface area contributed by atoms with Crippen molar-refractivity contribution in [1.82, 2.24) is 0 Å².